The minimum Gasteiger partial charge on any atom is -0.299 e. The lowest BCUT2D eigenvalue weighted by molar-refractivity contribution is 0.246. The molecule has 4 aliphatic rings. The molecule has 0 radical (unpaired) electrons. The lowest BCUT2D eigenvalue weighted by atomic mass is 10.1. The summed E-state index contributed by atoms with van der Waals surface area (Å²) in [6.45, 7) is 2.95. The van der Waals surface area contributed by atoms with Crippen LogP contribution >= 0.6 is 0 Å². The Kier molecular flexibility index (Phi) is 0.560. The summed E-state index contributed by atoms with van der Waals surface area (Å²) in [7, 11) is 0. The minimum absolute atomic E-state index is 1.09. The maximum Gasteiger partial charge on any atom is 0.0158 e. The monoisotopic (exact) mass is 135 g/mol. The van der Waals surface area contributed by atoms with Gasteiger partial charge in [0.2, 0.25) is 0 Å². The van der Waals surface area contributed by atoms with Crippen molar-refractivity contribution < 1.29 is 0 Å². The molecule has 54 valence electrons. The van der Waals surface area contributed by atoms with E-state index in [0.717, 1.165) is 17.9 Å². The molecule has 2 aliphatic carbocycles. The Morgan fingerprint density at radius 3 is 2.00 bits per heavy atom. The standard InChI is InChI=1S/C9H13N/c1-5-3-10-4-6-2-8(6)9(10)7(1)5/h5-9H,1-4H2. The van der Waals surface area contributed by atoms with Gasteiger partial charge in [0, 0.05) is 19.1 Å². The van der Waals surface area contributed by atoms with Gasteiger partial charge in [-0.25, -0.2) is 0 Å². The molecular weight excluding hydrogens is 122 g/mol. The molecule has 2 saturated carbocycles. The van der Waals surface area contributed by atoms with Crippen LogP contribution in [0.15, 0.2) is 0 Å². The topological polar surface area (TPSA) is 3.24 Å². The number of rotatable bonds is 0. The molecule has 0 aromatic carbocycles. The Hall–Kier alpha value is -0.0400. The maximum atomic E-state index is 2.78. The summed E-state index contributed by atoms with van der Waals surface area (Å²) < 4.78 is 0. The number of fused-ring (bicyclic) bond motifs is 5. The van der Waals surface area contributed by atoms with Gasteiger partial charge in [-0.1, -0.05) is 0 Å². The third-order valence-corrected chi connectivity index (χ3v) is 4.19. The van der Waals surface area contributed by atoms with Gasteiger partial charge in [0.15, 0.2) is 0 Å². The zero-order chi connectivity index (χ0) is 6.29. The first-order chi connectivity index (χ1) is 4.93. The summed E-state index contributed by atoms with van der Waals surface area (Å²) >= 11 is 0. The van der Waals surface area contributed by atoms with Crippen LogP contribution in [-0.4, -0.2) is 24.0 Å². The molecule has 2 saturated heterocycles. The molecule has 4 atom stereocenters. The van der Waals surface area contributed by atoms with Gasteiger partial charge in [0.05, 0.1) is 0 Å². The van der Waals surface area contributed by atoms with Crippen LogP contribution in [0.3, 0.4) is 0 Å². The van der Waals surface area contributed by atoms with E-state index >= 15 is 0 Å². The van der Waals surface area contributed by atoms with Crippen molar-refractivity contribution in [3.05, 3.63) is 0 Å². The molecule has 1 heteroatoms. The van der Waals surface area contributed by atoms with Crippen molar-refractivity contribution in [1.29, 1.82) is 0 Å². The molecule has 4 unspecified atom stereocenters. The van der Waals surface area contributed by atoms with Crippen LogP contribution in [-0.2, 0) is 0 Å². The van der Waals surface area contributed by atoms with Crippen LogP contribution in [0.5, 0.6) is 0 Å². The maximum absolute atomic E-state index is 2.78. The fourth-order valence-corrected chi connectivity index (χ4v) is 3.58. The molecule has 0 amide bonds. The van der Waals surface area contributed by atoms with E-state index in [0.29, 0.717) is 0 Å². The SMILES string of the molecule is C1C2CN3CC4CC4C3C12. The van der Waals surface area contributed by atoms with E-state index in [1.54, 1.807) is 12.8 Å². The zero-order valence-electron chi connectivity index (χ0n) is 6.16. The highest BCUT2D eigenvalue weighted by Crippen LogP contribution is 2.62. The Morgan fingerprint density at radius 2 is 1.50 bits per heavy atom. The van der Waals surface area contributed by atoms with Crippen molar-refractivity contribution in [3.8, 4) is 0 Å². The largest absolute Gasteiger partial charge is 0.299 e. The van der Waals surface area contributed by atoms with Crippen molar-refractivity contribution >= 4 is 0 Å². The molecular formula is C9H13N. The van der Waals surface area contributed by atoms with Crippen LogP contribution < -0.4 is 0 Å². The second kappa shape index (κ2) is 1.18. The summed E-state index contributed by atoms with van der Waals surface area (Å²) in [5.41, 5.74) is 0. The van der Waals surface area contributed by atoms with Gasteiger partial charge in [0.1, 0.15) is 0 Å². The Balaban J connectivity index is 1.76. The number of hydrogen-bond donors (Lipinski definition) is 0. The van der Waals surface area contributed by atoms with E-state index in [2.05, 4.69) is 4.90 Å². The minimum atomic E-state index is 1.09. The Morgan fingerprint density at radius 1 is 0.900 bits per heavy atom. The van der Waals surface area contributed by atoms with E-state index in [1.165, 1.54) is 24.9 Å². The van der Waals surface area contributed by atoms with E-state index in [-0.39, 0.29) is 0 Å². The summed E-state index contributed by atoms with van der Waals surface area (Å²) in [5.74, 6) is 4.67. The molecule has 2 aliphatic heterocycles. The molecule has 1 nitrogen and oxygen atoms in total. The summed E-state index contributed by atoms with van der Waals surface area (Å²) in [6.07, 6.45) is 3.18. The summed E-state index contributed by atoms with van der Waals surface area (Å²) in [5, 5.41) is 0. The molecule has 4 rings (SSSR count). The lowest BCUT2D eigenvalue weighted by Crippen LogP contribution is -2.30. The molecule has 10 heavy (non-hydrogen) atoms. The van der Waals surface area contributed by atoms with E-state index in [1.807, 2.05) is 0 Å². The van der Waals surface area contributed by atoms with Gasteiger partial charge in [-0.3, -0.25) is 4.90 Å². The third-order valence-electron chi connectivity index (χ3n) is 4.19. The first kappa shape index (κ1) is 4.76. The lowest BCUT2D eigenvalue weighted by Gasteiger charge is -2.20. The average molecular weight is 135 g/mol. The Bertz CT molecular complexity index is 181. The molecule has 0 N–H and O–H groups in total. The normalized spacial score (nSPS) is 69.0. The Labute approximate surface area is 61.4 Å². The van der Waals surface area contributed by atoms with Crippen molar-refractivity contribution in [3.63, 3.8) is 0 Å². The fraction of sp³-hybridized carbons (Fsp3) is 1.00. The quantitative estimate of drug-likeness (QED) is 0.478. The average Bonchev–Trinajstić information content (AvgIpc) is 2.78. The van der Waals surface area contributed by atoms with Crippen LogP contribution in [0.1, 0.15) is 12.8 Å². The van der Waals surface area contributed by atoms with Crippen molar-refractivity contribution in [2.24, 2.45) is 23.7 Å². The third kappa shape index (κ3) is 0.378. The predicted molar refractivity (Wildman–Crippen MR) is 38.6 cm³/mol. The van der Waals surface area contributed by atoms with Gasteiger partial charge in [-0.05, 0) is 36.5 Å². The number of nitrogens with zero attached hydrogens (tertiary/aromatic N) is 1. The molecule has 0 bridgehead atoms. The van der Waals surface area contributed by atoms with Crippen LogP contribution in [0.25, 0.3) is 0 Å². The van der Waals surface area contributed by atoms with Crippen LogP contribution in [0.4, 0.5) is 0 Å². The second-order valence-electron chi connectivity index (χ2n) is 4.76. The van der Waals surface area contributed by atoms with Gasteiger partial charge in [-0.15, -0.1) is 0 Å². The van der Waals surface area contributed by atoms with Gasteiger partial charge >= 0.3 is 0 Å². The molecule has 2 heterocycles. The smallest absolute Gasteiger partial charge is 0.0158 e. The van der Waals surface area contributed by atoms with Crippen molar-refractivity contribution in [2.75, 3.05) is 13.1 Å². The fourth-order valence-electron chi connectivity index (χ4n) is 3.58. The molecule has 4 fully saturated rings. The van der Waals surface area contributed by atoms with Gasteiger partial charge < -0.3 is 0 Å². The van der Waals surface area contributed by atoms with Crippen molar-refractivity contribution in [2.45, 2.75) is 18.9 Å². The predicted octanol–water partition coefficient (Wildman–Crippen LogP) is 0.956. The highest BCUT2D eigenvalue weighted by atomic mass is 15.3. The van der Waals surface area contributed by atoms with Crippen LogP contribution in [0.2, 0.25) is 0 Å². The van der Waals surface area contributed by atoms with E-state index in [9.17, 15) is 0 Å². The van der Waals surface area contributed by atoms with E-state index in [4.69, 9.17) is 0 Å². The first-order valence-electron chi connectivity index (χ1n) is 4.67. The van der Waals surface area contributed by atoms with Crippen LogP contribution in [0, 0.1) is 23.7 Å². The first-order valence-corrected chi connectivity index (χ1v) is 4.67. The highest BCUT2D eigenvalue weighted by Gasteiger charge is 2.64. The molecule has 0 aromatic heterocycles. The molecule has 0 aromatic rings. The molecule has 0 spiro atoms. The summed E-state index contributed by atoms with van der Waals surface area (Å²) in [6, 6.07) is 1.09. The number of hydrogen-bond acceptors (Lipinski definition) is 1. The zero-order valence-corrected chi connectivity index (χ0v) is 6.16. The second-order valence-corrected chi connectivity index (χ2v) is 4.76. The number of piperidine rings is 2. The van der Waals surface area contributed by atoms with Crippen molar-refractivity contribution in [1.82, 2.24) is 4.90 Å². The highest BCUT2D eigenvalue weighted by molar-refractivity contribution is 5.16. The van der Waals surface area contributed by atoms with Gasteiger partial charge in [-0.2, -0.15) is 0 Å². The summed E-state index contributed by atoms with van der Waals surface area (Å²) in [4.78, 5) is 2.78. The van der Waals surface area contributed by atoms with Gasteiger partial charge in [0.25, 0.3) is 0 Å². The van der Waals surface area contributed by atoms with E-state index < -0.39 is 0 Å².